The minimum atomic E-state index is -0.715. The summed E-state index contributed by atoms with van der Waals surface area (Å²) in [6.45, 7) is -0.846. The highest BCUT2D eigenvalue weighted by Crippen LogP contribution is 2.07. The molecule has 0 saturated carbocycles. The van der Waals surface area contributed by atoms with Crippen molar-refractivity contribution >= 4 is 17.9 Å². The summed E-state index contributed by atoms with van der Waals surface area (Å²) in [4.78, 5) is 33.1. The monoisotopic (exact) mass is 266 g/mol. The van der Waals surface area contributed by atoms with E-state index in [1.54, 1.807) is 24.3 Å². The second kappa shape index (κ2) is 7.70. The van der Waals surface area contributed by atoms with Crippen molar-refractivity contribution in [3.8, 4) is 5.75 Å². The van der Waals surface area contributed by atoms with Crippen LogP contribution in [0.25, 0.3) is 0 Å². The van der Waals surface area contributed by atoms with Gasteiger partial charge in [0.25, 0.3) is 5.91 Å². The van der Waals surface area contributed by atoms with Crippen molar-refractivity contribution in [2.75, 3.05) is 20.3 Å². The minimum Gasteiger partial charge on any atom is -0.482 e. The highest BCUT2D eigenvalue weighted by molar-refractivity contribution is 5.95. The summed E-state index contributed by atoms with van der Waals surface area (Å²) in [5, 5.41) is 4.15. The molecule has 0 spiro atoms. The highest BCUT2D eigenvalue weighted by Gasteiger charge is 2.10. The average molecular weight is 266 g/mol. The molecule has 0 heterocycles. The van der Waals surface area contributed by atoms with Crippen LogP contribution in [0.5, 0.6) is 5.75 Å². The lowest BCUT2D eigenvalue weighted by molar-refractivity contribution is -0.150. The van der Waals surface area contributed by atoms with E-state index in [1.165, 1.54) is 7.05 Å². The number of nitrogens with one attached hydrogen (secondary N) is 2. The number of esters is 1. The summed E-state index contributed by atoms with van der Waals surface area (Å²) in [6.07, 6.45) is 0. The van der Waals surface area contributed by atoms with E-state index in [2.05, 4.69) is 10.1 Å². The number of para-hydroxylation sites is 1. The summed E-state index contributed by atoms with van der Waals surface area (Å²) in [7, 11) is 1.36. The lowest BCUT2D eigenvalue weighted by Gasteiger charge is -2.06. The second-order valence-electron chi connectivity index (χ2n) is 3.39. The molecule has 0 aromatic heterocycles. The molecule has 1 rings (SSSR count). The molecule has 0 atom stereocenters. The molecular formula is C12H14N2O5. The fraction of sp³-hybridized carbons (Fsp3) is 0.250. The van der Waals surface area contributed by atoms with Gasteiger partial charge in [0.15, 0.2) is 13.2 Å². The normalized spacial score (nSPS) is 9.32. The summed E-state index contributed by atoms with van der Waals surface area (Å²) >= 11 is 0. The number of hydrogen-bond donors (Lipinski definition) is 2. The molecular weight excluding hydrogens is 252 g/mol. The standard InChI is InChI=1S/C12H14N2O5/c1-13-12(17)14-10(15)7-19-11(16)8-18-9-5-3-2-4-6-9/h2-6H,7-8H2,1H3,(H2,13,14,15,17). The van der Waals surface area contributed by atoms with Gasteiger partial charge in [-0.05, 0) is 12.1 Å². The highest BCUT2D eigenvalue weighted by atomic mass is 16.6. The summed E-state index contributed by atoms with van der Waals surface area (Å²) in [6, 6.07) is 8.04. The van der Waals surface area contributed by atoms with Crippen molar-refractivity contribution in [3.05, 3.63) is 30.3 Å². The molecule has 102 valence electrons. The second-order valence-corrected chi connectivity index (χ2v) is 3.39. The van der Waals surface area contributed by atoms with Crippen LogP contribution in [0.15, 0.2) is 30.3 Å². The first kappa shape index (κ1) is 14.5. The SMILES string of the molecule is CNC(=O)NC(=O)COC(=O)COc1ccccc1. The number of carbonyl (C=O) groups is 3. The summed E-state index contributed by atoms with van der Waals surface area (Å²) in [5.74, 6) is -0.891. The molecule has 0 unspecified atom stereocenters. The Balaban J connectivity index is 2.21. The van der Waals surface area contributed by atoms with Crippen molar-refractivity contribution in [1.82, 2.24) is 10.6 Å². The zero-order valence-corrected chi connectivity index (χ0v) is 10.3. The van der Waals surface area contributed by atoms with Crippen LogP contribution < -0.4 is 15.4 Å². The number of imide groups is 1. The summed E-state index contributed by atoms with van der Waals surface area (Å²) < 4.78 is 9.73. The molecule has 2 N–H and O–H groups in total. The largest absolute Gasteiger partial charge is 0.482 e. The Hall–Kier alpha value is -2.57. The van der Waals surface area contributed by atoms with Gasteiger partial charge in [-0.25, -0.2) is 9.59 Å². The van der Waals surface area contributed by atoms with Gasteiger partial charge in [0.1, 0.15) is 5.75 Å². The van der Waals surface area contributed by atoms with Gasteiger partial charge in [-0.3, -0.25) is 10.1 Å². The maximum atomic E-state index is 11.2. The Morgan fingerprint density at radius 3 is 2.42 bits per heavy atom. The number of amides is 3. The van der Waals surface area contributed by atoms with Gasteiger partial charge in [0.05, 0.1) is 0 Å². The van der Waals surface area contributed by atoms with Gasteiger partial charge in [-0.1, -0.05) is 18.2 Å². The quantitative estimate of drug-likeness (QED) is 0.735. The number of hydrogen-bond acceptors (Lipinski definition) is 5. The van der Waals surface area contributed by atoms with Crippen LogP contribution >= 0.6 is 0 Å². The zero-order chi connectivity index (χ0) is 14.1. The van der Waals surface area contributed by atoms with Gasteiger partial charge >= 0.3 is 12.0 Å². The summed E-state index contributed by atoms with van der Waals surface area (Å²) in [5.41, 5.74) is 0. The topological polar surface area (TPSA) is 93.7 Å². The lowest BCUT2D eigenvalue weighted by Crippen LogP contribution is -2.40. The fourth-order valence-corrected chi connectivity index (χ4v) is 1.07. The average Bonchev–Trinajstić information content (AvgIpc) is 2.43. The molecule has 0 saturated heterocycles. The number of ether oxygens (including phenoxy) is 2. The van der Waals surface area contributed by atoms with Gasteiger partial charge in [0.2, 0.25) is 0 Å². The van der Waals surface area contributed by atoms with Crippen molar-refractivity contribution in [3.63, 3.8) is 0 Å². The number of rotatable bonds is 5. The first-order chi connectivity index (χ1) is 9.11. The van der Waals surface area contributed by atoms with E-state index in [9.17, 15) is 14.4 Å². The van der Waals surface area contributed by atoms with Gasteiger partial charge in [0, 0.05) is 7.05 Å². The smallest absolute Gasteiger partial charge is 0.344 e. The Bertz CT molecular complexity index is 447. The predicted octanol–water partition coefficient (Wildman–Crippen LogP) is 0.0642. The van der Waals surface area contributed by atoms with Crippen LogP contribution in [-0.2, 0) is 14.3 Å². The third kappa shape index (κ3) is 6.06. The van der Waals surface area contributed by atoms with Crippen molar-refractivity contribution < 1.29 is 23.9 Å². The first-order valence-electron chi connectivity index (χ1n) is 5.47. The van der Waals surface area contributed by atoms with Crippen molar-refractivity contribution in [1.29, 1.82) is 0 Å². The van der Waals surface area contributed by atoms with Crippen LogP contribution in [0.1, 0.15) is 0 Å². The fourth-order valence-electron chi connectivity index (χ4n) is 1.07. The van der Waals surface area contributed by atoms with Crippen LogP contribution in [0.4, 0.5) is 4.79 Å². The zero-order valence-electron chi connectivity index (χ0n) is 10.3. The van der Waals surface area contributed by atoms with Crippen LogP contribution in [0, 0.1) is 0 Å². The molecule has 19 heavy (non-hydrogen) atoms. The predicted molar refractivity (Wildman–Crippen MR) is 65.5 cm³/mol. The molecule has 0 radical (unpaired) electrons. The van der Waals surface area contributed by atoms with E-state index in [0.717, 1.165) is 0 Å². The van der Waals surface area contributed by atoms with Crippen LogP contribution in [0.2, 0.25) is 0 Å². The van der Waals surface area contributed by atoms with E-state index in [1.807, 2.05) is 11.4 Å². The van der Waals surface area contributed by atoms with E-state index in [4.69, 9.17) is 4.74 Å². The Morgan fingerprint density at radius 2 is 1.79 bits per heavy atom. The van der Waals surface area contributed by atoms with Crippen LogP contribution in [-0.4, -0.2) is 38.2 Å². The molecule has 0 fully saturated rings. The molecule has 3 amide bonds. The van der Waals surface area contributed by atoms with Crippen molar-refractivity contribution in [2.24, 2.45) is 0 Å². The molecule has 7 heteroatoms. The first-order valence-corrected chi connectivity index (χ1v) is 5.47. The molecule has 0 aliphatic rings. The third-order valence-corrected chi connectivity index (χ3v) is 1.94. The van der Waals surface area contributed by atoms with Gasteiger partial charge in [-0.2, -0.15) is 0 Å². The Kier molecular flexibility index (Phi) is 5.87. The van der Waals surface area contributed by atoms with E-state index in [0.29, 0.717) is 5.75 Å². The molecule has 0 aliphatic heterocycles. The number of urea groups is 1. The number of carbonyl (C=O) groups excluding carboxylic acids is 3. The number of benzene rings is 1. The third-order valence-electron chi connectivity index (χ3n) is 1.94. The molecule has 0 bridgehead atoms. The van der Waals surface area contributed by atoms with E-state index < -0.39 is 24.5 Å². The Labute approximate surface area is 109 Å². The molecule has 7 nitrogen and oxygen atoms in total. The van der Waals surface area contributed by atoms with Crippen LogP contribution in [0.3, 0.4) is 0 Å². The maximum Gasteiger partial charge on any atom is 0.344 e. The molecule has 0 aliphatic carbocycles. The van der Waals surface area contributed by atoms with E-state index in [-0.39, 0.29) is 6.61 Å². The van der Waals surface area contributed by atoms with Gasteiger partial charge in [-0.15, -0.1) is 0 Å². The van der Waals surface area contributed by atoms with Gasteiger partial charge < -0.3 is 14.8 Å². The van der Waals surface area contributed by atoms with Crippen molar-refractivity contribution in [2.45, 2.75) is 0 Å². The maximum absolute atomic E-state index is 11.2. The van der Waals surface area contributed by atoms with E-state index >= 15 is 0 Å². The molecule has 1 aromatic rings. The minimum absolute atomic E-state index is 0.308. The molecule has 1 aromatic carbocycles. The Morgan fingerprint density at radius 1 is 1.11 bits per heavy atom. The lowest BCUT2D eigenvalue weighted by atomic mass is 10.3.